The molecular weight excluding hydrogens is 226 g/mol. The summed E-state index contributed by atoms with van der Waals surface area (Å²) < 4.78 is 12.1. The second-order valence-electron chi connectivity index (χ2n) is 1.97. The summed E-state index contributed by atoms with van der Waals surface area (Å²) >= 11 is 2.37. The van der Waals surface area contributed by atoms with Gasteiger partial charge in [-0.25, -0.2) is 0 Å². The second-order valence-corrected chi connectivity index (χ2v) is 4.63. The van der Waals surface area contributed by atoms with Gasteiger partial charge in [0.05, 0.1) is 6.20 Å². The molecule has 0 saturated carbocycles. The first kappa shape index (κ1) is 9.03. The average molecular weight is 234 g/mol. The summed E-state index contributed by atoms with van der Waals surface area (Å²) in [6.45, 7) is 1.89. The molecule has 0 radical (unpaired) electrons. The van der Waals surface area contributed by atoms with Gasteiger partial charge in [0.1, 0.15) is 5.75 Å². The lowest BCUT2D eigenvalue weighted by atomic mass is 10.5. The summed E-state index contributed by atoms with van der Waals surface area (Å²) in [5, 5.41) is 0. The highest BCUT2D eigenvalue weighted by Gasteiger charge is 2.07. The zero-order valence-electron chi connectivity index (χ0n) is 6.08. The highest BCUT2D eigenvalue weighted by atomic mass is 79.9. The molecule has 2 nitrogen and oxygen atoms in total. The largest absolute Gasteiger partial charge is 0.611 e. The number of rotatable bonds is 2. The topological polar surface area (TPSA) is 36.0 Å². The molecule has 1 heterocycles. The monoisotopic (exact) mass is 233 g/mol. The SMILES string of the molecule is CC[S+]([O-])c1cncc(Br)c1. The van der Waals surface area contributed by atoms with Crippen LogP contribution in [0.15, 0.2) is 27.8 Å². The molecule has 0 aliphatic rings. The lowest BCUT2D eigenvalue weighted by Crippen LogP contribution is -2.03. The van der Waals surface area contributed by atoms with E-state index in [1.165, 1.54) is 0 Å². The van der Waals surface area contributed by atoms with Crippen molar-refractivity contribution in [2.24, 2.45) is 0 Å². The zero-order chi connectivity index (χ0) is 8.27. The minimum Gasteiger partial charge on any atom is -0.611 e. The first-order valence-corrected chi connectivity index (χ1v) is 5.34. The van der Waals surface area contributed by atoms with E-state index >= 15 is 0 Å². The Hall–Kier alpha value is -0.0600. The molecule has 0 aromatic carbocycles. The molecule has 0 bridgehead atoms. The highest BCUT2D eigenvalue weighted by Crippen LogP contribution is 2.14. The Balaban J connectivity index is 2.86. The molecule has 0 saturated heterocycles. The first-order valence-electron chi connectivity index (χ1n) is 3.23. The van der Waals surface area contributed by atoms with Crippen molar-refractivity contribution in [1.29, 1.82) is 0 Å². The summed E-state index contributed by atoms with van der Waals surface area (Å²) in [6, 6.07) is 1.83. The third-order valence-electron chi connectivity index (χ3n) is 1.20. The van der Waals surface area contributed by atoms with Crippen LogP contribution in [0.5, 0.6) is 0 Å². The molecule has 1 aromatic rings. The number of aromatic nitrogens is 1. The standard InChI is InChI=1S/C7H8BrNOS/c1-2-11(10)7-3-6(8)4-9-5-7/h3-5H,2H2,1H3. The molecule has 1 atom stereocenters. The maximum absolute atomic E-state index is 11.2. The summed E-state index contributed by atoms with van der Waals surface area (Å²) in [5.74, 6) is 0.637. The third-order valence-corrected chi connectivity index (χ3v) is 2.91. The van der Waals surface area contributed by atoms with Crippen molar-refractivity contribution in [3.8, 4) is 0 Å². The van der Waals surface area contributed by atoms with E-state index in [1.807, 2.05) is 13.0 Å². The highest BCUT2D eigenvalue weighted by molar-refractivity contribution is 9.10. The molecule has 0 aliphatic carbocycles. The molecule has 0 fully saturated rings. The maximum atomic E-state index is 11.2. The predicted octanol–water partition coefficient (Wildman–Crippen LogP) is 1.97. The molecule has 1 unspecified atom stereocenters. The van der Waals surface area contributed by atoms with Crippen LogP contribution >= 0.6 is 15.9 Å². The van der Waals surface area contributed by atoms with Gasteiger partial charge in [-0.3, -0.25) is 4.98 Å². The molecule has 4 heteroatoms. The minimum atomic E-state index is -0.893. The molecule has 1 aromatic heterocycles. The summed E-state index contributed by atoms with van der Waals surface area (Å²) in [7, 11) is 0. The molecule has 1 rings (SSSR count). The normalized spacial score (nSPS) is 13.0. The van der Waals surface area contributed by atoms with E-state index in [2.05, 4.69) is 20.9 Å². The van der Waals surface area contributed by atoms with Gasteiger partial charge in [-0.15, -0.1) is 0 Å². The van der Waals surface area contributed by atoms with Crippen LogP contribution in [0, 0.1) is 0 Å². The van der Waals surface area contributed by atoms with Gasteiger partial charge >= 0.3 is 0 Å². The third kappa shape index (κ3) is 2.47. The number of halogens is 1. The van der Waals surface area contributed by atoms with Gasteiger partial charge in [0.2, 0.25) is 0 Å². The Morgan fingerprint density at radius 3 is 2.91 bits per heavy atom. The number of pyridine rings is 1. The molecule has 0 aliphatic heterocycles. The fourth-order valence-corrected chi connectivity index (χ4v) is 1.97. The summed E-state index contributed by atoms with van der Waals surface area (Å²) in [5.41, 5.74) is 0. The van der Waals surface area contributed by atoms with Gasteiger partial charge in [0.15, 0.2) is 4.90 Å². The lowest BCUT2D eigenvalue weighted by molar-refractivity contribution is 0.596. The van der Waals surface area contributed by atoms with Crippen molar-refractivity contribution in [3.63, 3.8) is 0 Å². The van der Waals surface area contributed by atoms with Crippen molar-refractivity contribution in [1.82, 2.24) is 4.98 Å². The van der Waals surface area contributed by atoms with Crippen LogP contribution in [-0.4, -0.2) is 15.3 Å². The quantitative estimate of drug-likeness (QED) is 0.733. The number of hydrogen-bond donors (Lipinski definition) is 0. The van der Waals surface area contributed by atoms with Crippen LogP contribution in [0.2, 0.25) is 0 Å². The van der Waals surface area contributed by atoms with Crippen LogP contribution < -0.4 is 0 Å². The minimum absolute atomic E-state index is 0.637. The van der Waals surface area contributed by atoms with Crippen LogP contribution in [0.3, 0.4) is 0 Å². The zero-order valence-corrected chi connectivity index (χ0v) is 8.48. The smallest absolute Gasteiger partial charge is 0.172 e. The van der Waals surface area contributed by atoms with Crippen molar-refractivity contribution in [3.05, 3.63) is 22.9 Å². The Bertz CT molecular complexity index is 244. The molecule has 60 valence electrons. The van der Waals surface area contributed by atoms with Gasteiger partial charge in [-0.1, -0.05) is 0 Å². The van der Waals surface area contributed by atoms with Crippen LogP contribution in [0.25, 0.3) is 0 Å². The van der Waals surface area contributed by atoms with Gasteiger partial charge in [0.25, 0.3) is 0 Å². The van der Waals surface area contributed by atoms with E-state index in [0.29, 0.717) is 5.75 Å². The van der Waals surface area contributed by atoms with Crippen molar-refractivity contribution in [2.45, 2.75) is 11.8 Å². The van der Waals surface area contributed by atoms with E-state index in [9.17, 15) is 4.55 Å². The van der Waals surface area contributed by atoms with Crippen LogP contribution in [0.1, 0.15) is 6.92 Å². The van der Waals surface area contributed by atoms with Crippen molar-refractivity contribution >= 4 is 27.1 Å². The molecule has 0 N–H and O–H groups in total. The lowest BCUT2D eigenvalue weighted by Gasteiger charge is -2.06. The van der Waals surface area contributed by atoms with E-state index in [4.69, 9.17) is 0 Å². The fraction of sp³-hybridized carbons (Fsp3) is 0.286. The Kier molecular flexibility index (Phi) is 3.36. The van der Waals surface area contributed by atoms with Crippen LogP contribution in [0.4, 0.5) is 0 Å². The first-order chi connectivity index (χ1) is 5.24. The molecule has 11 heavy (non-hydrogen) atoms. The van der Waals surface area contributed by atoms with E-state index < -0.39 is 11.2 Å². The van der Waals surface area contributed by atoms with E-state index in [0.717, 1.165) is 9.37 Å². The Morgan fingerprint density at radius 2 is 2.36 bits per heavy atom. The van der Waals surface area contributed by atoms with Crippen molar-refractivity contribution in [2.75, 3.05) is 5.75 Å². The van der Waals surface area contributed by atoms with Crippen LogP contribution in [-0.2, 0) is 11.2 Å². The van der Waals surface area contributed by atoms with E-state index in [1.54, 1.807) is 12.4 Å². The summed E-state index contributed by atoms with van der Waals surface area (Å²) in [6.07, 6.45) is 3.31. The summed E-state index contributed by atoms with van der Waals surface area (Å²) in [4.78, 5) is 4.69. The van der Waals surface area contributed by atoms with Gasteiger partial charge in [-0.05, 0) is 34.0 Å². The fourth-order valence-electron chi connectivity index (χ4n) is 0.684. The van der Waals surface area contributed by atoms with Gasteiger partial charge < -0.3 is 4.55 Å². The number of hydrogen-bond acceptors (Lipinski definition) is 2. The maximum Gasteiger partial charge on any atom is 0.172 e. The second kappa shape index (κ2) is 4.09. The Labute approximate surface area is 77.3 Å². The molecular formula is C7H8BrNOS. The predicted molar refractivity (Wildman–Crippen MR) is 48.9 cm³/mol. The number of nitrogens with zero attached hydrogens (tertiary/aromatic N) is 1. The van der Waals surface area contributed by atoms with Gasteiger partial charge in [0, 0.05) is 16.7 Å². The average Bonchev–Trinajstić information content (AvgIpc) is 2.03. The van der Waals surface area contributed by atoms with Crippen molar-refractivity contribution < 1.29 is 4.55 Å². The molecule has 0 amide bonds. The molecule has 0 spiro atoms. The van der Waals surface area contributed by atoms with E-state index in [-0.39, 0.29) is 0 Å². The Morgan fingerprint density at radius 1 is 1.64 bits per heavy atom. The van der Waals surface area contributed by atoms with Gasteiger partial charge in [-0.2, -0.15) is 0 Å².